The van der Waals surface area contributed by atoms with E-state index in [1.165, 1.54) is 11.1 Å². The Bertz CT molecular complexity index is 457. The average Bonchev–Trinajstić information content (AvgIpc) is 2.80. The molecule has 0 spiro atoms. The van der Waals surface area contributed by atoms with Crippen LogP contribution in [0.2, 0.25) is 0 Å². The van der Waals surface area contributed by atoms with E-state index < -0.39 is 0 Å². The van der Waals surface area contributed by atoms with Crippen molar-refractivity contribution in [3.8, 4) is 0 Å². The molecule has 1 heterocycles. The molecule has 2 aromatic rings. The molecule has 0 aliphatic carbocycles. The second-order valence-electron chi connectivity index (χ2n) is 4.94. The Morgan fingerprint density at radius 3 is 2.53 bits per heavy atom. The van der Waals surface area contributed by atoms with Crippen LogP contribution in [-0.4, -0.2) is 11.5 Å². The minimum Gasteiger partial charge on any atom is -0.361 e. The first-order chi connectivity index (χ1) is 8.08. The van der Waals surface area contributed by atoms with Gasteiger partial charge in [0.25, 0.3) is 0 Å². The molecule has 1 aromatic carbocycles. The lowest BCUT2D eigenvalue weighted by Crippen LogP contribution is -2.27. The van der Waals surface area contributed by atoms with Crippen molar-refractivity contribution in [2.24, 2.45) is 0 Å². The highest BCUT2D eigenvalue weighted by atomic mass is 32.1. The van der Waals surface area contributed by atoms with Gasteiger partial charge in [-0.3, -0.25) is 0 Å². The van der Waals surface area contributed by atoms with Crippen LogP contribution in [0.25, 0.3) is 0 Å². The Kier molecular flexibility index (Phi) is 3.48. The first-order valence-electron chi connectivity index (χ1n) is 5.78. The van der Waals surface area contributed by atoms with Gasteiger partial charge in [-0.25, -0.2) is 4.98 Å². The van der Waals surface area contributed by atoms with E-state index in [0.29, 0.717) is 0 Å². The summed E-state index contributed by atoms with van der Waals surface area (Å²) in [5.41, 5.74) is 2.77. The number of hydrogen-bond donors (Lipinski definition) is 1. The maximum absolute atomic E-state index is 4.23. The molecule has 3 heteroatoms. The molecule has 0 aliphatic heterocycles. The van der Waals surface area contributed by atoms with E-state index in [1.54, 1.807) is 11.3 Å². The summed E-state index contributed by atoms with van der Waals surface area (Å²) in [5, 5.41) is 6.36. The molecule has 2 rings (SSSR count). The molecule has 90 valence electrons. The smallest absolute Gasteiger partial charge is 0.182 e. The van der Waals surface area contributed by atoms with Gasteiger partial charge in [-0.2, -0.15) is 0 Å². The molecule has 1 aromatic heterocycles. The third-order valence-corrected chi connectivity index (χ3v) is 3.68. The van der Waals surface area contributed by atoms with Gasteiger partial charge in [0.05, 0.1) is 0 Å². The van der Waals surface area contributed by atoms with Gasteiger partial charge in [0.1, 0.15) is 0 Å². The molecule has 2 nitrogen and oxygen atoms in total. The van der Waals surface area contributed by atoms with E-state index >= 15 is 0 Å². The highest BCUT2D eigenvalue weighted by molar-refractivity contribution is 7.13. The minimum atomic E-state index is 0.110. The third kappa shape index (κ3) is 3.07. The number of benzene rings is 1. The predicted molar refractivity (Wildman–Crippen MR) is 74.8 cm³/mol. The summed E-state index contributed by atoms with van der Waals surface area (Å²) in [6, 6.07) is 8.75. The Labute approximate surface area is 107 Å². The van der Waals surface area contributed by atoms with Crippen LogP contribution in [-0.2, 0) is 5.41 Å². The largest absolute Gasteiger partial charge is 0.361 e. The lowest BCUT2D eigenvalue weighted by atomic mass is 9.84. The van der Waals surface area contributed by atoms with E-state index in [0.717, 1.165) is 11.7 Å². The van der Waals surface area contributed by atoms with Gasteiger partial charge in [0.2, 0.25) is 0 Å². The maximum Gasteiger partial charge on any atom is 0.182 e. The van der Waals surface area contributed by atoms with Gasteiger partial charge >= 0.3 is 0 Å². The van der Waals surface area contributed by atoms with Crippen molar-refractivity contribution in [1.82, 2.24) is 4.98 Å². The summed E-state index contributed by atoms with van der Waals surface area (Å²) in [6.45, 7) is 7.50. The van der Waals surface area contributed by atoms with Crippen LogP contribution < -0.4 is 5.32 Å². The summed E-state index contributed by atoms with van der Waals surface area (Å²) in [7, 11) is 0. The number of nitrogens with zero attached hydrogens (tertiary/aromatic N) is 1. The van der Waals surface area contributed by atoms with Crippen molar-refractivity contribution in [2.75, 3.05) is 11.9 Å². The Hall–Kier alpha value is -1.35. The normalized spacial score (nSPS) is 11.5. The highest BCUT2D eigenvalue weighted by Crippen LogP contribution is 2.24. The number of rotatable bonds is 4. The molecule has 0 saturated heterocycles. The van der Waals surface area contributed by atoms with E-state index in [-0.39, 0.29) is 5.41 Å². The van der Waals surface area contributed by atoms with Gasteiger partial charge in [-0.05, 0) is 12.5 Å². The van der Waals surface area contributed by atoms with Crippen LogP contribution in [0.1, 0.15) is 25.0 Å². The molecule has 0 saturated carbocycles. The molecular weight excluding hydrogens is 228 g/mol. The minimum absolute atomic E-state index is 0.110. The van der Waals surface area contributed by atoms with Crippen molar-refractivity contribution >= 4 is 16.5 Å². The standard InChI is InChI=1S/C14H18N2S/c1-11-4-6-12(7-5-11)14(2,3)10-16-13-15-8-9-17-13/h4-9H,10H2,1-3H3,(H,15,16). The van der Waals surface area contributed by atoms with E-state index in [1.807, 2.05) is 11.6 Å². The van der Waals surface area contributed by atoms with E-state index in [4.69, 9.17) is 0 Å². The quantitative estimate of drug-likeness (QED) is 0.886. The summed E-state index contributed by atoms with van der Waals surface area (Å²) in [6.07, 6.45) is 1.83. The zero-order valence-electron chi connectivity index (χ0n) is 10.5. The lowest BCUT2D eigenvalue weighted by Gasteiger charge is -2.25. The number of aryl methyl sites for hydroxylation is 1. The highest BCUT2D eigenvalue weighted by Gasteiger charge is 2.20. The number of hydrogen-bond acceptors (Lipinski definition) is 3. The fraction of sp³-hybridized carbons (Fsp3) is 0.357. The molecule has 0 unspecified atom stereocenters. The molecule has 17 heavy (non-hydrogen) atoms. The summed E-state index contributed by atoms with van der Waals surface area (Å²) >= 11 is 1.64. The van der Waals surface area contributed by atoms with E-state index in [2.05, 4.69) is 55.3 Å². The second-order valence-corrected chi connectivity index (χ2v) is 5.84. The topological polar surface area (TPSA) is 24.9 Å². The first kappa shape index (κ1) is 12.1. The fourth-order valence-corrected chi connectivity index (χ4v) is 2.24. The van der Waals surface area contributed by atoms with Gasteiger partial charge in [-0.15, -0.1) is 11.3 Å². The maximum atomic E-state index is 4.23. The summed E-state index contributed by atoms with van der Waals surface area (Å²) in [5.74, 6) is 0. The number of anilines is 1. The number of nitrogens with one attached hydrogen (secondary N) is 1. The van der Waals surface area contributed by atoms with Crippen LogP contribution in [0.15, 0.2) is 35.8 Å². The van der Waals surface area contributed by atoms with Crippen molar-refractivity contribution in [1.29, 1.82) is 0 Å². The van der Waals surface area contributed by atoms with Crippen molar-refractivity contribution in [3.63, 3.8) is 0 Å². The summed E-state index contributed by atoms with van der Waals surface area (Å²) in [4.78, 5) is 4.23. The molecule has 0 bridgehead atoms. The second kappa shape index (κ2) is 4.88. The van der Waals surface area contributed by atoms with Gasteiger partial charge in [0.15, 0.2) is 5.13 Å². The molecular formula is C14H18N2S. The van der Waals surface area contributed by atoms with Crippen molar-refractivity contribution < 1.29 is 0 Å². The third-order valence-electron chi connectivity index (χ3n) is 2.95. The molecule has 1 N–H and O–H groups in total. The molecule has 0 fully saturated rings. The molecule has 0 atom stereocenters. The van der Waals surface area contributed by atoms with Crippen LogP contribution in [0.3, 0.4) is 0 Å². The van der Waals surface area contributed by atoms with Gasteiger partial charge in [0, 0.05) is 23.5 Å². The zero-order chi connectivity index (χ0) is 12.3. The van der Waals surface area contributed by atoms with Crippen molar-refractivity contribution in [3.05, 3.63) is 47.0 Å². The number of thiazole rings is 1. The Morgan fingerprint density at radius 2 is 1.94 bits per heavy atom. The van der Waals surface area contributed by atoms with Crippen molar-refractivity contribution in [2.45, 2.75) is 26.2 Å². The Balaban J connectivity index is 2.05. The predicted octanol–water partition coefficient (Wildman–Crippen LogP) is 3.84. The van der Waals surface area contributed by atoms with Gasteiger partial charge < -0.3 is 5.32 Å². The van der Waals surface area contributed by atoms with Crippen LogP contribution >= 0.6 is 11.3 Å². The molecule has 0 amide bonds. The van der Waals surface area contributed by atoms with Gasteiger partial charge in [-0.1, -0.05) is 43.7 Å². The fourth-order valence-electron chi connectivity index (χ4n) is 1.71. The molecule has 0 radical (unpaired) electrons. The van der Waals surface area contributed by atoms with Crippen LogP contribution in [0.4, 0.5) is 5.13 Å². The van der Waals surface area contributed by atoms with Crippen LogP contribution in [0.5, 0.6) is 0 Å². The summed E-state index contributed by atoms with van der Waals surface area (Å²) < 4.78 is 0. The SMILES string of the molecule is Cc1ccc(C(C)(C)CNc2nccs2)cc1. The number of aromatic nitrogens is 1. The zero-order valence-corrected chi connectivity index (χ0v) is 11.3. The Morgan fingerprint density at radius 1 is 1.24 bits per heavy atom. The monoisotopic (exact) mass is 246 g/mol. The van der Waals surface area contributed by atoms with E-state index in [9.17, 15) is 0 Å². The first-order valence-corrected chi connectivity index (χ1v) is 6.66. The molecule has 0 aliphatic rings. The lowest BCUT2D eigenvalue weighted by molar-refractivity contribution is 0.557. The van der Waals surface area contributed by atoms with Crippen LogP contribution in [0, 0.1) is 6.92 Å². The average molecular weight is 246 g/mol.